The van der Waals surface area contributed by atoms with Gasteiger partial charge < -0.3 is 46.0 Å². The Labute approximate surface area is 317 Å². The maximum Gasteiger partial charge on any atom is 0.472 e. The van der Waals surface area contributed by atoms with E-state index in [4.69, 9.17) is 9.05 Å². The fourth-order valence-electron chi connectivity index (χ4n) is 6.16. The number of unbranched alkanes of at least 4 members (excludes halogenated alkanes) is 14. The Morgan fingerprint density at radius 3 is 1.64 bits per heavy atom. The summed E-state index contributed by atoms with van der Waals surface area (Å²) in [5.74, 6) is -0.611. The van der Waals surface area contributed by atoms with Gasteiger partial charge in [0.25, 0.3) is 0 Å². The van der Waals surface area contributed by atoms with Crippen molar-refractivity contribution in [3.05, 3.63) is 36.5 Å². The van der Waals surface area contributed by atoms with Crippen LogP contribution in [0.2, 0.25) is 0 Å². The second-order valence-corrected chi connectivity index (χ2v) is 15.7. The summed E-state index contributed by atoms with van der Waals surface area (Å²) in [4.78, 5) is 23.3. The smallest absolute Gasteiger partial charge is 0.393 e. The molecule has 0 aromatic carbocycles. The number of hydrogen-bond donors (Lipinski definition) is 9. The molecule has 8 atom stereocenters. The van der Waals surface area contributed by atoms with Crippen molar-refractivity contribution in [3.63, 3.8) is 0 Å². The van der Waals surface area contributed by atoms with Gasteiger partial charge in [0.1, 0.15) is 36.6 Å². The molecule has 1 amide bonds. The molecule has 13 nitrogen and oxygen atoms in total. The van der Waals surface area contributed by atoms with Crippen molar-refractivity contribution in [1.82, 2.24) is 5.32 Å². The number of allylic oxidation sites excluding steroid dienone is 5. The predicted molar refractivity (Wildman–Crippen MR) is 206 cm³/mol. The van der Waals surface area contributed by atoms with Crippen LogP contribution in [0.15, 0.2) is 36.5 Å². The van der Waals surface area contributed by atoms with Crippen LogP contribution in [0, 0.1) is 0 Å². The fraction of sp³-hybridized carbons (Fsp3) is 0.821. The van der Waals surface area contributed by atoms with Gasteiger partial charge in [-0.15, -0.1) is 0 Å². The van der Waals surface area contributed by atoms with Crippen molar-refractivity contribution >= 4 is 13.7 Å². The molecule has 0 aromatic rings. The van der Waals surface area contributed by atoms with E-state index in [1.165, 1.54) is 63.9 Å². The Morgan fingerprint density at radius 1 is 0.679 bits per heavy atom. The highest BCUT2D eigenvalue weighted by atomic mass is 31.2. The molecule has 14 heteroatoms. The SMILES string of the molecule is CC/C=C/CC/C=C/CC/C=C/C(O)C(COP(=O)(O)OC1C(O)C(O)C(O)C(O)C1O)NC(=O)CC(O)CCCCCCCCCCCCCCC. The molecule has 0 aromatic heterocycles. The lowest BCUT2D eigenvalue weighted by Crippen LogP contribution is -2.64. The molecule has 0 saturated heterocycles. The lowest BCUT2D eigenvalue weighted by molar-refractivity contribution is -0.220. The molecule has 1 aliphatic carbocycles. The number of aliphatic hydroxyl groups is 7. The zero-order valence-corrected chi connectivity index (χ0v) is 33.1. The number of hydrogen-bond acceptors (Lipinski definition) is 11. The van der Waals surface area contributed by atoms with E-state index in [1.54, 1.807) is 6.08 Å². The van der Waals surface area contributed by atoms with Gasteiger partial charge in [-0.2, -0.15) is 0 Å². The number of phosphoric acid groups is 1. The Bertz CT molecular complexity index is 1060. The molecular weight excluding hydrogens is 705 g/mol. The molecule has 1 aliphatic rings. The molecule has 0 spiro atoms. The number of carbonyl (C=O) groups is 1. The van der Waals surface area contributed by atoms with Gasteiger partial charge in [0, 0.05) is 0 Å². The van der Waals surface area contributed by atoms with Crippen LogP contribution in [0.5, 0.6) is 0 Å². The Balaban J connectivity index is 2.64. The number of nitrogens with one attached hydrogen (secondary N) is 1. The second-order valence-electron chi connectivity index (χ2n) is 14.3. The van der Waals surface area contributed by atoms with Gasteiger partial charge in [0.2, 0.25) is 5.91 Å². The van der Waals surface area contributed by atoms with Crippen LogP contribution in [-0.2, 0) is 18.4 Å². The summed E-state index contributed by atoms with van der Waals surface area (Å²) in [6.07, 6.45) is 17.0. The minimum Gasteiger partial charge on any atom is -0.393 e. The molecule has 1 fully saturated rings. The average Bonchev–Trinajstić information content (AvgIpc) is 3.12. The first-order valence-electron chi connectivity index (χ1n) is 20.0. The number of amides is 1. The van der Waals surface area contributed by atoms with Crippen LogP contribution in [0.1, 0.15) is 142 Å². The molecule has 9 N–H and O–H groups in total. The highest BCUT2D eigenvalue weighted by molar-refractivity contribution is 7.47. The summed E-state index contributed by atoms with van der Waals surface area (Å²) >= 11 is 0. The molecule has 0 radical (unpaired) electrons. The van der Waals surface area contributed by atoms with E-state index in [2.05, 4.69) is 37.4 Å². The Hall–Kier alpha value is -1.48. The molecule has 0 bridgehead atoms. The normalized spacial score (nSPS) is 25.2. The summed E-state index contributed by atoms with van der Waals surface area (Å²) in [6.45, 7) is 3.55. The third kappa shape index (κ3) is 22.6. The van der Waals surface area contributed by atoms with Crippen LogP contribution >= 0.6 is 7.82 Å². The van der Waals surface area contributed by atoms with Crippen molar-refractivity contribution in [2.45, 2.75) is 197 Å². The Kier molecular flexibility index (Phi) is 27.8. The van der Waals surface area contributed by atoms with Crippen LogP contribution in [0.3, 0.4) is 0 Å². The van der Waals surface area contributed by atoms with E-state index in [9.17, 15) is 50.0 Å². The van der Waals surface area contributed by atoms with Crippen molar-refractivity contribution in [2.75, 3.05) is 6.61 Å². The number of rotatable bonds is 31. The molecule has 310 valence electrons. The first kappa shape index (κ1) is 49.5. The molecular formula is C39H72NO12P. The first-order valence-corrected chi connectivity index (χ1v) is 21.5. The first-order chi connectivity index (χ1) is 25.3. The lowest BCUT2D eigenvalue weighted by Gasteiger charge is -2.41. The van der Waals surface area contributed by atoms with Crippen molar-refractivity contribution in [2.24, 2.45) is 0 Å². The van der Waals surface area contributed by atoms with Gasteiger partial charge in [-0.05, 0) is 38.5 Å². The highest BCUT2D eigenvalue weighted by Crippen LogP contribution is 2.47. The zero-order valence-electron chi connectivity index (χ0n) is 32.2. The Morgan fingerprint density at radius 2 is 1.13 bits per heavy atom. The van der Waals surface area contributed by atoms with Gasteiger partial charge in [0.05, 0.1) is 31.3 Å². The summed E-state index contributed by atoms with van der Waals surface area (Å²) in [7, 11) is -5.14. The van der Waals surface area contributed by atoms with Crippen molar-refractivity contribution < 1.29 is 59.0 Å². The minimum atomic E-state index is -5.14. The summed E-state index contributed by atoms with van der Waals surface area (Å²) in [6, 6.07) is -1.26. The quantitative estimate of drug-likeness (QED) is 0.0257. The maximum absolute atomic E-state index is 12.9. The summed E-state index contributed by atoms with van der Waals surface area (Å²) in [5.41, 5.74) is 0. The monoisotopic (exact) mass is 777 g/mol. The van der Waals surface area contributed by atoms with Gasteiger partial charge in [0.15, 0.2) is 0 Å². The highest BCUT2D eigenvalue weighted by Gasteiger charge is 2.51. The molecule has 8 unspecified atom stereocenters. The third-order valence-corrected chi connectivity index (χ3v) is 10.5. The van der Waals surface area contributed by atoms with E-state index < -0.39 is 75.2 Å². The predicted octanol–water partition coefficient (Wildman–Crippen LogP) is 5.02. The van der Waals surface area contributed by atoms with E-state index in [0.717, 1.165) is 44.9 Å². The number of aliphatic hydroxyl groups excluding tert-OH is 7. The topological polar surface area (TPSA) is 226 Å². The van der Waals surface area contributed by atoms with Crippen molar-refractivity contribution in [3.8, 4) is 0 Å². The van der Waals surface area contributed by atoms with Crippen molar-refractivity contribution in [1.29, 1.82) is 0 Å². The average molecular weight is 778 g/mol. The summed E-state index contributed by atoms with van der Waals surface area (Å²) < 4.78 is 22.7. The van der Waals surface area contributed by atoms with Crippen LogP contribution in [-0.4, -0.2) is 108 Å². The van der Waals surface area contributed by atoms with Gasteiger partial charge in [-0.1, -0.05) is 134 Å². The zero-order chi connectivity index (χ0) is 39.5. The molecule has 0 aliphatic heterocycles. The third-order valence-electron chi connectivity index (χ3n) is 9.47. The van der Waals surface area contributed by atoms with E-state index in [0.29, 0.717) is 19.3 Å². The maximum atomic E-state index is 12.9. The van der Waals surface area contributed by atoms with Gasteiger partial charge in [-0.3, -0.25) is 13.8 Å². The molecule has 0 heterocycles. The number of phosphoric ester groups is 1. The minimum absolute atomic E-state index is 0.255. The fourth-order valence-corrected chi connectivity index (χ4v) is 7.13. The van der Waals surface area contributed by atoms with Gasteiger partial charge in [-0.25, -0.2) is 4.57 Å². The van der Waals surface area contributed by atoms with Crippen LogP contribution < -0.4 is 5.32 Å². The summed E-state index contributed by atoms with van der Waals surface area (Å²) in [5, 5.41) is 74.0. The largest absolute Gasteiger partial charge is 0.472 e. The molecule has 1 saturated carbocycles. The van der Waals surface area contributed by atoms with Crippen LogP contribution in [0.4, 0.5) is 0 Å². The van der Waals surface area contributed by atoms with E-state index >= 15 is 0 Å². The standard InChI is InChI=1S/C39H72NO12P/c1-3-5-7-9-11-13-15-16-17-18-20-22-24-26-30(41)28-33(43)40-31(32(42)27-25-23-21-19-14-12-10-8-6-4-2)29-51-53(49,50)52-39-37(47)35(45)34(44)36(46)38(39)48/h6,8,14,19,25,27,30-32,34-39,41-42,44-48H,3-5,7,9-13,15-18,20-24,26,28-29H2,1-2H3,(H,40,43)(H,49,50)/b8-6+,19-14+,27-25+. The number of carbonyl (C=O) groups excluding carboxylic acids is 1. The molecule has 1 rings (SSSR count). The lowest BCUT2D eigenvalue weighted by atomic mass is 9.85. The van der Waals surface area contributed by atoms with Crippen LogP contribution in [0.25, 0.3) is 0 Å². The van der Waals surface area contributed by atoms with Gasteiger partial charge >= 0.3 is 7.82 Å². The second kappa shape index (κ2) is 29.8. The van der Waals surface area contributed by atoms with E-state index in [1.807, 2.05) is 6.08 Å². The molecule has 53 heavy (non-hydrogen) atoms. The van der Waals surface area contributed by atoms with E-state index in [-0.39, 0.29) is 6.42 Å².